The number of rotatable bonds is 6. The van der Waals surface area contributed by atoms with E-state index in [0.29, 0.717) is 10.8 Å². The van der Waals surface area contributed by atoms with Crippen molar-refractivity contribution in [1.82, 2.24) is 5.32 Å². The van der Waals surface area contributed by atoms with Gasteiger partial charge in [-0.15, -0.1) is 11.3 Å². The van der Waals surface area contributed by atoms with Gasteiger partial charge in [0.25, 0.3) is 0 Å². The van der Waals surface area contributed by atoms with Gasteiger partial charge in [0.05, 0.1) is 6.04 Å². The van der Waals surface area contributed by atoms with Crippen LogP contribution in [0.2, 0.25) is 0 Å². The van der Waals surface area contributed by atoms with Crippen LogP contribution in [-0.2, 0) is 0 Å². The van der Waals surface area contributed by atoms with Gasteiger partial charge in [-0.05, 0) is 32.0 Å². The highest BCUT2D eigenvalue weighted by molar-refractivity contribution is 8.00. The summed E-state index contributed by atoms with van der Waals surface area (Å²) < 4.78 is 0.346. The van der Waals surface area contributed by atoms with E-state index in [4.69, 9.17) is 0 Å². The number of hydrogen-bond acceptors (Lipinski definition) is 3. The Bertz CT molecular complexity index is 325. The summed E-state index contributed by atoms with van der Waals surface area (Å²) in [5, 5.41) is 3.66. The van der Waals surface area contributed by atoms with Crippen LogP contribution in [0.15, 0.2) is 12.1 Å². The van der Waals surface area contributed by atoms with E-state index < -0.39 is 0 Å². The van der Waals surface area contributed by atoms with Gasteiger partial charge in [0.1, 0.15) is 0 Å². The van der Waals surface area contributed by atoms with E-state index in [2.05, 4.69) is 52.1 Å². The molecule has 0 aliphatic heterocycles. The van der Waals surface area contributed by atoms with Crippen molar-refractivity contribution in [1.29, 1.82) is 0 Å². The first kappa shape index (κ1) is 15.1. The molecule has 0 bridgehead atoms. The van der Waals surface area contributed by atoms with Gasteiger partial charge in [-0.25, -0.2) is 0 Å². The molecule has 1 unspecified atom stereocenters. The van der Waals surface area contributed by atoms with Crippen molar-refractivity contribution in [3.05, 3.63) is 21.9 Å². The lowest BCUT2D eigenvalue weighted by Gasteiger charge is -2.23. The summed E-state index contributed by atoms with van der Waals surface area (Å²) in [6.07, 6.45) is 1.20. The average Bonchev–Trinajstić information content (AvgIpc) is 2.63. The summed E-state index contributed by atoms with van der Waals surface area (Å²) >= 11 is 3.96. The molecule has 1 atom stereocenters. The Morgan fingerprint density at radius 1 is 1.35 bits per heavy atom. The molecule has 0 aliphatic carbocycles. The fourth-order valence-corrected chi connectivity index (χ4v) is 3.56. The van der Waals surface area contributed by atoms with Crippen molar-refractivity contribution < 1.29 is 0 Å². The van der Waals surface area contributed by atoms with Crippen molar-refractivity contribution >= 4 is 23.1 Å². The van der Waals surface area contributed by atoms with Crippen molar-refractivity contribution in [3.63, 3.8) is 0 Å². The highest BCUT2D eigenvalue weighted by Gasteiger charge is 2.17. The molecule has 1 heterocycles. The molecule has 98 valence electrons. The minimum Gasteiger partial charge on any atom is -0.309 e. The molecule has 1 rings (SSSR count). The average molecular weight is 271 g/mol. The smallest absolute Gasteiger partial charge is 0.0506 e. The Morgan fingerprint density at radius 3 is 2.53 bits per heavy atom. The van der Waals surface area contributed by atoms with Crippen LogP contribution >= 0.6 is 23.1 Å². The summed E-state index contributed by atoms with van der Waals surface area (Å²) in [6, 6.07) is 5.01. The number of hydrogen-bond donors (Lipinski definition) is 1. The quantitative estimate of drug-likeness (QED) is 0.809. The van der Waals surface area contributed by atoms with Gasteiger partial charge < -0.3 is 5.32 Å². The third kappa shape index (κ3) is 5.94. The molecule has 0 amide bonds. The second-order valence-electron chi connectivity index (χ2n) is 5.38. The van der Waals surface area contributed by atoms with Crippen LogP contribution in [0.3, 0.4) is 0 Å². The first-order valence-corrected chi connectivity index (χ1v) is 8.16. The van der Waals surface area contributed by atoms with Gasteiger partial charge in [-0.2, -0.15) is 11.8 Å². The summed E-state index contributed by atoms with van der Waals surface area (Å²) in [7, 11) is 0. The largest absolute Gasteiger partial charge is 0.309 e. The van der Waals surface area contributed by atoms with Gasteiger partial charge in [0, 0.05) is 20.3 Å². The zero-order valence-corrected chi connectivity index (χ0v) is 13.3. The van der Waals surface area contributed by atoms with E-state index in [1.165, 1.54) is 16.2 Å². The molecule has 0 fully saturated rings. The van der Waals surface area contributed by atoms with Gasteiger partial charge in [0.15, 0.2) is 0 Å². The van der Waals surface area contributed by atoms with Crippen LogP contribution < -0.4 is 5.32 Å². The lowest BCUT2D eigenvalue weighted by Crippen LogP contribution is -2.25. The molecule has 0 radical (unpaired) electrons. The highest BCUT2D eigenvalue weighted by atomic mass is 32.2. The molecule has 0 aromatic carbocycles. The van der Waals surface area contributed by atoms with E-state index in [0.717, 1.165) is 12.3 Å². The minimum atomic E-state index is 0.346. The van der Waals surface area contributed by atoms with E-state index in [-0.39, 0.29) is 0 Å². The SMILES string of the molecule is CCCNC(CSC(C)(C)C)c1ccc(C)s1. The first-order chi connectivity index (χ1) is 7.92. The Labute approximate surface area is 114 Å². The van der Waals surface area contributed by atoms with Crippen molar-refractivity contribution in [2.45, 2.75) is 51.8 Å². The van der Waals surface area contributed by atoms with Crippen LogP contribution in [0.5, 0.6) is 0 Å². The van der Waals surface area contributed by atoms with Crippen LogP contribution in [0.1, 0.15) is 49.9 Å². The predicted octanol–water partition coefficient (Wildman–Crippen LogP) is 4.63. The van der Waals surface area contributed by atoms with Gasteiger partial charge in [0.2, 0.25) is 0 Å². The van der Waals surface area contributed by atoms with E-state index in [9.17, 15) is 0 Å². The second kappa shape index (κ2) is 6.81. The van der Waals surface area contributed by atoms with E-state index in [1.54, 1.807) is 0 Å². The molecule has 1 nitrogen and oxygen atoms in total. The predicted molar refractivity (Wildman–Crippen MR) is 82.3 cm³/mol. The maximum Gasteiger partial charge on any atom is 0.0506 e. The second-order valence-corrected chi connectivity index (χ2v) is 8.54. The number of nitrogens with one attached hydrogen (secondary N) is 1. The van der Waals surface area contributed by atoms with Gasteiger partial charge in [-0.1, -0.05) is 27.7 Å². The molecule has 0 saturated heterocycles. The Balaban J connectivity index is 2.60. The van der Waals surface area contributed by atoms with Crippen molar-refractivity contribution in [3.8, 4) is 0 Å². The third-order valence-electron chi connectivity index (χ3n) is 2.43. The zero-order chi connectivity index (χ0) is 12.9. The zero-order valence-electron chi connectivity index (χ0n) is 11.7. The molecule has 0 saturated carbocycles. The molecule has 1 N–H and O–H groups in total. The summed E-state index contributed by atoms with van der Waals surface area (Å²) in [5.41, 5.74) is 0. The summed E-state index contributed by atoms with van der Waals surface area (Å²) in [4.78, 5) is 2.89. The molecule has 1 aromatic heterocycles. The van der Waals surface area contributed by atoms with Crippen LogP contribution in [0.25, 0.3) is 0 Å². The van der Waals surface area contributed by atoms with Crippen LogP contribution in [0, 0.1) is 6.92 Å². The molecule has 1 aromatic rings. The minimum absolute atomic E-state index is 0.346. The van der Waals surface area contributed by atoms with Crippen LogP contribution in [0.4, 0.5) is 0 Å². The topological polar surface area (TPSA) is 12.0 Å². The van der Waals surface area contributed by atoms with Crippen molar-refractivity contribution in [2.24, 2.45) is 0 Å². The monoisotopic (exact) mass is 271 g/mol. The first-order valence-electron chi connectivity index (χ1n) is 6.36. The maximum absolute atomic E-state index is 3.66. The lowest BCUT2D eigenvalue weighted by molar-refractivity contribution is 0.583. The number of thioether (sulfide) groups is 1. The van der Waals surface area contributed by atoms with E-state index in [1.807, 2.05) is 23.1 Å². The highest BCUT2D eigenvalue weighted by Crippen LogP contribution is 2.31. The fourth-order valence-electron chi connectivity index (χ4n) is 1.53. The summed E-state index contributed by atoms with van der Waals surface area (Å²) in [5.74, 6) is 1.16. The standard InChI is InChI=1S/C14H25NS2/c1-6-9-15-12(10-16-14(3,4)5)13-8-7-11(2)17-13/h7-8,12,15H,6,9-10H2,1-5H3. The molecular weight excluding hydrogens is 246 g/mol. The van der Waals surface area contributed by atoms with Crippen LogP contribution in [-0.4, -0.2) is 17.0 Å². The molecule has 0 aliphatic rings. The number of aryl methyl sites for hydroxylation is 1. The molecule has 0 spiro atoms. The fraction of sp³-hybridized carbons (Fsp3) is 0.714. The third-order valence-corrected chi connectivity index (χ3v) is 4.91. The molecule has 17 heavy (non-hydrogen) atoms. The molecular formula is C14H25NS2. The maximum atomic E-state index is 3.66. The van der Waals surface area contributed by atoms with Gasteiger partial charge >= 0.3 is 0 Å². The Hall–Kier alpha value is 0.01000. The Kier molecular flexibility index (Phi) is 6.04. The van der Waals surface area contributed by atoms with Gasteiger partial charge in [-0.3, -0.25) is 0 Å². The normalized spacial score (nSPS) is 13.9. The Morgan fingerprint density at radius 2 is 2.06 bits per heavy atom. The lowest BCUT2D eigenvalue weighted by atomic mass is 10.2. The summed E-state index contributed by atoms with van der Waals surface area (Å²) in [6.45, 7) is 12.4. The molecule has 3 heteroatoms. The van der Waals surface area contributed by atoms with E-state index >= 15 is 0 Å². The van der Waals surface area contributed by atoms with Crippen molar-refractivity contribution in [2.75, 3.05) is 12.3 Å². The number of thiophene rings is 1.